The fourth-order valence-electron chi connectivity index (χ4n) is 1.96. The Bertz CT molecular complexity index is 688. The van der Waals surface area contributed by atoms with Crippen molar-refractivity contribution >= 4 is 42.4 Å². The molecular weight excluding hydrogens is 296 g/mol. The first kappa shape index (κ1) is 15.6. The molecule has 0 fully saturated rings. The molecule has 2 rings (SSSR count). The summed E-state index contributed by atoms with van der Waals surface area (Å²) < 4.78 is 0. The standard InChI is InChI=1S/C17H20S2Si/c1-18-14-7-8-15-13(12-14)6-9-17(19-2)16(15)10-11-20(3,4)5/h6-9,12H,1-5H3. The van der Waals surface area contributed by atoms with Crippen LogP contribution in [0.4, 0.5) is 0 Å². The van der Waals surface area contributed by atoms with E-state index in [1.807, 2.05) is 0 Å². The Hall–Kier alpha value is -0.823. The molecule has 0 heterocycles. The summed E-state index contributed by atoms with van der Waals surface area (Å²) >= 11 is 3.56. The van der Waals surface area contributed by atoms with Gasteiger partial charge < -0.3 is 0 Å². The Morgan fingerprint density at radius 3 is 2.30 bits per heavy atom. The Balaban J connectivity index is 2.67. The van der Waals surface area contributed by atoms with E-state index in [0.717, 1.165) is 0 Å². The van der Waals surface area contributed by atoms with Gasteiger partial charge >= 0.3 is 0 Å². The average Bonchev–Trinajstić information content (AvgIpc) is 2.42. The lowest BCUT2D eigenvalue weighted by atomic mass is 10.1. The quantitative estimate of drug-likeness (QED) is 0.407. The van der Waals surface area contributed by atoms with Gasteiger partial charge in [0.05, 0.1) is 0 Å². The monoisotopic (exact) mass is 316 g/mol. The van der Waals surface area contributed by atoms with E-state index in [1.54, 1.807) is 23.5 Å². The second-order valence-corrected chi connectivity index (χ2v) is 12.2. The fraction of sp³-hybridized carbons (Fsp3) is 0.294. The third kappa shape index (κ3) is 3.63. The number of hydrogen-bond donors (Lipinski definition) is 0. The van der Waals surface area contributed by atoms with Crippen molar-refractivity contribution in [2.75, 3.05) is 12.5 Å². The topological polar surface area (TPSA) is 0 Å². The maximum atomic E-state index is 3.50. The molecule has 0 atom stereocenters. The van der Waals surface area contributed by atoms with Gasteiger partial charge in [-0.25, -0.2) is 0 Å². The summed E-state index contributed by atoms with van der Waals surface area (Å²) in [6.45, 7) is 6.86. The van der Waals surface area contributed by atoms with Crippen LogP contribution in [-0.4, -0.2) is 20.6 Å². The average molecular weight is 317 g/mol. The summed E-state index contributed by atoms with van der Waals surface area (Å²) in [7, 11) is -1.36. The van der Waals surface area contributed by atoms with E-state index < -0.39 is 8.07 Å². The van der Waals surface area contributed by atoms with Gasteiger partial charge in [0.25, 0.3) is 0 Å². The van der Waals surface area contributed by atoms with Crippen LogP contribution < -0.4 is 0 Å². The Labute approximate surface area is 131 Å². The lowest BCUT2D eigenvalue weighted by molar-refractivity contribution is 1.44. The van der Waals surface area contributed by atoms with E-state index in [1.165, 1.54) is 26.1 Å². The maximum Gasteiger partial charge on any atom is 0.129 e. The number of hydrogen-bond acceptors (Lipinski definition) is 2. The molecule has 0 nitrogen and oxygen atoms in total. The summed E-state index contributed by atoms with van der Waals surface area (Å²) in [6.07, 6.45) is 4.24. The highest BCUT2D eigenvalue weighted by atomic mass is 32.2. The number of benzene rings is 2. The van der Waals surface area contributed by atoms with Crippen LogP contribution in [0.15, 0.2) is 40.1 Å². The molecule has 104 valence electrons. The molecule has 0 radical (unpaired) electrons. The smallest absolute Gasteiger partial charge is 0.129 e. The highest BCUT2D eigenvalue weighted by molar-refractivity contribution is 7.98. The van der Waals surface area contributed by atoms with Crippen LogP contribution in [0, 0.1) is 11.5 Å². The van der Waals surface area contributed by atoms with Crippen molar-refractivity contribution in [3.8, 4) is 11.5 Å². The predicted octanol–water partition coefficient (Wildman–Crippen LogP) is 5.51. The second kappa shape index (κ2) is 6.30. The van der Waals surface area contributed by atoms with Gasteiger partial charge in [-0.3, -0.25) is 0 Å². The number of fused-ring (bicyclic) bond motifs is 1. The molecule has 0 N–H and O–H groups in total. The second-order valence-electron chi connectivity index (χ2n) is 5.73. The van der Waals surface area contributed by atoms with E-state index in [9.17, 15) is 0 Å². The molecule has 2 aromatic carbocycles. The molecule has 0 aliphatic rings. The first-order chi connectivity index (χ1) is 9.44. The van der Waals surface area contributed by atoms with Gasteiger partial charge in [-0.2, -0.15) is 0 Å². The molecule has 0 bridgehead atoms. The minimum Gasteiger partial charge on any atom is -0.130 e. The lowest BCUT2D eigenvalue weighted by Crippen LogP contribution is -2.16. The van der Waals surface area contributed by atoms with Crippen molar-refractivity contribution in [1.82, 2.24) is 0 Å². The molecule has 2 aromatic rings. The molecule has 0 unspecified atom stereocenters. The van der Waals surface area contributed by atoms with Gasteiger partial charge in [0.15, 0.2) is 0 Å². The highest BCUT2D eigenvalue weighted by Gasteiger charge is 2.10. The van der Waals surface area contributed by atoms with Crippen LogP contribution in [0.2, 0.25) is 19.6 Å². The minimum atomic E-state index is -1.36. The third-order valence-electron chi connectivity index (χ3n) is 2.97. The largest absolute Gasteiger partial charge is 0.130 e. The van der Waals surface area contributed by atoms with Crippen LogP contribution in [0.25, 0.3) is 10.8 Å². The molecule has 0 saturated carbocycles. The van der Waals surface area contributed by atoms with Crippen molar-refractivity contribution < 1.29 is 0 Å². The van der Waals surface area contributed by atoms with Crippen molar-refractivity contribution in [2.24, 2.45) is 0 Å². The van der Waals surface area contributed by atoms with Crippen molar-refractivity contribution in [3.63, 3.8) is 0 Å². The molecule has 0 aliphatic carbocycles. The summed E-state index contributed by atoms with van der Waals surface area (Å²) in [6, 6.07) is 11.1. The maximum absolute atomic E-state index is 3.50. The third-order valence-corrected chi connectivity index (χ3v) is 5.35. The predicted molar refractivity (Wildman–Crippen MR) is 97.7 cm³/mol. The Morgan fingerprint density at radius 1 is 0.950 bits per heavy atom. The van der Waals surface area contributed by atoms with Gasteiger partial charge in [-0.05, 0) is 41.5 Å². The molecule has 20 heavy (non-hydrogen) atoms. The first-order valence-electron chi connectivity index (χ1n) is 6.62. The Kier molecular flexibility index (Phi) is 4.90. The zero-order valence-electron chi connectivity index (χ0n) is 12.7. The SMILES string of the molecule is CSc1ccc2c(C#C[Si](C)(C)C)c(SC)ccc2c1. The van der Waals surface area contributed by atoms with E-state index in [0.29, 0.717) is 0 Å². The van der Waals surface area contributed by atoms with Gasteiger partial charge in [-0.15, -0.1) is 29.1 Å². The first-order valence-corrected chi connectivity index (χ1v) is 12.6. The molecule has 0 spiro atoms. The van der Waals surface area contributed by atoms with E-state index in [2.05, 4.69) is 73.9 Å². The summed E-state index contributed by atoms with van der Waals surface area (Å²) in [5.41, 5.74) is 4.70. The highest BCUT2D eigenvalue weighted by Crippen LogP contribution is 2.30. The van der Waals surface area contributed by atoms with Crippen molar-refractivity contribution in [1.29, 1.82) is 0 Å². The van der Waals surface area contributed by atoms with E-state index in [-0.39, 0.29) is 0 Å². The lowest BCUT2D eigenvalue weighted by Gasteiger charge is -2.09. The fourth-order valence-corrected chi connectivity index (χ4v) is 3.48. The molecule has 0 amide bonds. The van der Waals surface area contributed by atoms with Gasteiger partial charge in [0, 0.05) is 15.4 Å². The van der Waals surface area contributed by atoms with Crippen LogP contribution in [0.1, 0.15) is 5.56 Å². The molecular formula is C17H20S2Si. The number of rotatable bonds is 2. The molecule has 0 aliphatic heterocycles. The van der Waals surface area contributed by atoms with Crippen LogP contribution in [-0.2, 0) is 0 Å². The van der Waals surface area contributed by atoms with Crippen LogP contribution >= 0.6 is 23.5 Å². The molecule has 3 heteroatoms. The van der Waals surface area contributed by atoms with Crippen molar-refractivity contribution in [3.05, 3.63) is 35.9 Å². The Morgan fingerprint density at radius 2 is 1.70 bits per heavy atom. The van der Waals surface area contributed by atoms with Crippen LogP contribution in [0.5, 0.6) is 0 Å². The van der Waals surface area contributed by atoms with Crippen molar-refractivity contribution in [2.45, 2.75) is 29.4 Å². The molecule has 0 aromatic heterocycles. The van der Waals surface area contributed by atoms with Gasteiger partial charge in [-0.1, -0.05) is 37.7 Å². The summed E-state index contributed by atoms with van der Waals surface area (Å²) in [5.74, 6) is 3.47. The number of thioether (sulfide) groups is 2. The van der Waals surface area contributed by atoms with Gasteiger partial charge in [0.1, 0.15) is 8.07 Å². The minimum absolute atomic E-state index is 1.20. The normalized spacial score (nSPS) is 11.2. The zero-order valence-corrected chi connectivity index (χ0v) is 15.3. The summed E-state index contributed by atoms with van der Waals surface area (Å²) in [4.78, 5) is 2.58. The van der Waals surface area contributed by atoms with Gasteiger partial charge in [0.2, 0.25) is 0 Å². The van der Waals surface area contributed by atoms with Crippen LogP contribution in [0.3, 0.4) is 0 Å². The molecule has 0 saturated heterocycles. The van der Waals surface area contributed by atoms with E-state index >= 15 is 0 Å². The zero-order chi connectivity index (χ0) is 14.8. The summed E-state index contributed by atoms with van der Waals surface area (Å²) in [5, 5.41) is 2.56. The van der Waals surface area contributed by atoms with E-state index in [4.69, 9.17) is 0 Å².